The Morgan fingerprint density at radius 2 is 1.64 bits per heavy atom. The Bertz CT molecular complexity index is 1430. The molecule has 1 fully saturated rings. The van der Waals surface area contributed by atoms with Crippen molar-refractivity contribution in [3.05, 3.63) is 90.5 Å². The minimum absolute atomic E-state index is 0.320. The number of anilines is 2. The fourth-order valence-electron chi connectivity index (χ4n) is 7.10. The van der Waals surface area contributed by atoms with Crippen molar-refractivity contribution in [2.45, 2.75) is 41.5 Å². The van der Waals surface area contributed by atoms with Crippen LogP contribution < -0.4 is 21.3 Å². The molecule has 2 atom stereocenters. The number of nitrogens with zero attached hydrogens (tertiary/aromatic N) is 1. The Balaban J connectivity index is 1.42. The van der Waals surface area contributed by atoms with Crippen LogP contribution in [0.4, 0.5) is 11.4 Å². The van der Waals surface area contributed by atoms with Crippen LogP contribution in [-0.2, 0) is 6.42 Å². The predicted octanol–water partition coefficient (Wildman–Crippen LogP) is 5.51. The molecule has 1 nitrogen and oxygen atoms in total. The van der Waals surface area contributed by atoms with Crippen LogP contribution in [0.2, 0.25) is 0 Å². The molecule has 3 heterocycles. The van der Waals surface area contributed by atoms with E-state index in [0.717, 1.165) is 5.92 Å². The first-order chi connectivity index (χ1) is 16.4. The van der Waals surface area contributed by atoms with E-state index in [4.69, 9.17) is 0 Å². The molecule has 0 radical (unpaired) electrons. The van der Waals surface area contributed by atoms with Crippen molar-refractivity contribution >= 4 is 46.2 Å². The molecule has 3 aliphatic heterocycles. The average molecular weight is 441 g/mol. The van der Waals surface area contributed by atoms with Gasteiger partial charge in [0.15, 0.2) is 0 Å². The Morgan fingerprint density at radius 3 is 2.58 bits per heavy atom. The third kappa shape index (κ3) is 2.46. The summed E-state index contributed by atoms with van der Waals surface area (Å²) in [5.41, 5.74) is 11.8. The summed E-state index contributed by atoms with van der Waals surface area (Å²) in [4.78, 5) is 5.64. The second kappa shape index (κ2) is 6.80. The number of rotatable bonds is 1. The average Bonchev–Trinajstić information content (AvgIpc) is 3.34. The zero-order valence-corrected chi connectivity index (χ0v) is 19.3. The van der Waals surface area contributed by atoms with Crippen molar-refractivity contribution in [2.24, 2.45) is 5.92 Å². The van der Waals surface area contributed by atoms with Gasteiger partial charge in [-0.1, -0.05) is 96.4 Å². The quantitative estimate of drug-likeness (QED) is 0.316. The van der Waals surface area contributed by atoms with E-state index in [1.807, 2.05) is 11.8 Å². The molecule has 1 saturated carbocycles. The first kappa shape index (κ1) is 18.5. The summed E-state index contributed by atoms with van der Waals surface area (Å²) in [6.45, 7) is 0.320. The molecule has 4 aromatic carbocycles. The van der Waals surface area contributed by atoms with E-state index in [1.165, 1.54) is 74.4 Å². The molecule has 4 aromatic rings. The maximum atomic E-state index is 2.77. The summed E-state index contributed by atoms with van der Waals surface area (Å²) in [6, 6.07) is 32.7. The van der Waals surface area contributed by atoms with E-state index < -0.39 is 0 Å². The van der Waals surface area contributed by atoms with Gasteiger partial charge in [0.25, 0.3) is 0 Å². The van der Waals surface area contributed by atoms with Gasteiger partial charge in [-0.3, -0.25) is 0 Å². The van der Waals surface area contributed by atoms with Crippen LogP contribution >= 0.6 is 11.8 Å². The third-order valence-electron chi connectivity index (χ3n) is 8.38. The summed E-state index contributed by atoms with van der Waals surface area (Å²) in [6.07, 6.45) is 5.32. The lowest BCUT2D eigenvalue weighted by Gasteiger charge is -2.48. The van der Waals surface area contributed by atoms with Crippen molar-refractivity contribution in [3.8, 4) is 11.1 Å². The molecule has 0 amide bonds. The fraction of sp³-hybridized carbons (Fsp3) is 0.200. The molecule has 0 spiro atoms. The van der Waals surface area contributed by atoms with Crippen molar-refractivity contribution in [3.63, 3.8) is 0 Å². The van der Waals surface area contributed by atoms with Crippen LogP contribution in [0, 0.1) is 5.92 Å². The van der Waals surface area contributed by atoms with Crippen LogP contribution in [0.15, 0.2) is 94.7 Å². The molecular weight excluding hydrogens is 417 g/mol. The highest BCUT2D eigenvalue weighted by molar-refractivity contribution is 8.00. The second-order valence-corrected chi connectivity index (χ2v) is 11.1. The van der Waals surface area contributed by atoms with Gasteiger partial charge >= 0.3 is 0 Å². The van der Waals surface area contributed by atoms with Gasteiger partial charge in [0, 0.05) is 27.2 Å². The van der Waals surface area contributed by atoms with Gasteiger partial charge in [0.2, 0.25) is 6.71 Å². The van der Waals surface area contributed by atoms with Gasteiger partial charge in [-0.15, -0.1) is 0 Å². The Kier molecular flexibility index (Phi) is 3.82. The highest BCUT2D eigenvalue weighted by Gasteiger charge is 2.47. The number of para-hydroxylation sites is 1. The lowest BCUT2D eigenvalue weighted by Crippen LogP contribution is -2.62. The highest BCUT2D eigenvalue weighted by Crippen LogP contribution is 2.48. The molecule has 2 unspecified atom stereocenters. The first-order valence-corrected chi connectivity index (χ1v) is 13.1. The number of hydrogen-bond acceptors (Lipinski definition) is 2. The first-order valence-electron chi connectivity index (χ1n) is 12.3. The molecule has 158 valence electrons. The predicted molar refractivity (Wildman–Crippen MR) is 141 cm³/mol. The van der Waals surface area contributed by atoms with Crippen LogP contribution in [0.25, 0.3) is 11.1 Å². The lowest BCUT2D eigenvalue weighted by atomic mass is 9.34. The minimum Gasteiger partial charge on any atom is -0.339 e. The van der Waals surface area contributed by atoms with Crippen molar-refractivity contribution in [1.82, 2.24) is 0 Å². The van der Waals surface area contributed by atoms with E-state index in [-0.39, 0.29) is 0 Å². The van der Waals surface area contributed by atoms with Crippen LogP contribution in [0.5, 0.6) is 0 Å². The van der Waals surface area contributed by atoms with Crippen LogP contribution in [0.3, 0.4) is 0 Å². The van der Waals surface area contributed by atoms with E-state index in [9.17, 15) is 0 Å². The number of benzene rings is 4. The Morgan fingerprint density at radius 1 is 0.788 bits per heavy atom. The van der Waals surface area contributed by atoms with Gasteiger partial charge in [0.1, 0.15) is 0 Å². The van der Waals surface area contributed by atoms with Crippen molar-refractivity contribution < 1.29 is 0 Å². The molecule has 1 aliphatic carbocycles. The maximum Gasteiger partial charge on any atom is 0.249 e. The molecule has 8 rings (SSSR count). The number of fused-ring (bicyclic) bond motifs is 6. The standard InChI is InChI=1S/C30H24BNS/c1-2-8-19(9-3-1)22-12-6-14-24-30(22)33-27-17-7-16-26-28(27)31(24)23-13-4-11-21-18-20-10-5-15-25(20)32(26)29(21)23/h1-4,6-9,11-14,16-17,20,25H,5,10,15,18H2. The van der Waals surface area contributed by atoms with Gasteiger partial charge in [-0.25, -0.2) is 0 Å². The monoisotopic (exact) mass is 441 g/mol. The largest absolute Gasteiger partial charge is 0.339 e. The van der Waals surface area contributed by atoms with Gasteiger partial charge in [-0.2, -0.15) is 0 Å². The molecular formula is C30H24BNS. The van der Waals surface area contributed by atoms with Gasteiger partial charge in [0.05, 0.1) is 0 Å². The molecule has 0 bridgehead atoms. The maximum absolute atomic E-state index is 2.77. The van der Waals surface area contributed by atoms with Crippen LogP contribution in [0.1, 0.15) is 24.8 Å². The van der Waals surface area contributed by atoms with E-state index in [0.29, 0.717) is 12.8 Å². The summed E-state index contributed by atoms with van der Waals surface area (Å²) in [5.74, 6) is 0.799. The van der Waals surface area contributed by atoms with E-state index >= 15 is 0 Å². The Labute approximate surface area is 199 Å². The third-order valence-corrected chi connectivity index (χ3v) is 9.62. The summed E-state index contributed by atoms with van der Waals surface area (Å²) < 4.78 is 0. The normalized spacial score (nSPS) is 21.2. The molecule has 0 saturated heterocycles. The SMILES string of the molecule is c1ccc(-c2cccc3c2Sc2cccc4c2B3c2cccc3c2N4C2CCCC2C3)cc1. The van der Waals surface area contributed by atoms with Crippen LogP contribution in [-0.4, -0.2) is 12.8 Å². The molecule has 4 aliphatic rings. The fourth-order valence-corrected chi connectivity index (χ4v) is 8.40. The zero-order chi connectivity index (χ0) is 21.5. The van der Waals surface area contributed by atoms with Crippen molar-refractivity contribution in [1.29, 1.82) is 0 Å². The molecule has 0 N–H and O–H groups in total. The smallest absolute Gasteiger partial charge is 0.249 e. The topological polar surface area (TPSA) is 3.24 Å². The molecule has 33 heavy (non-hydrogen) atoms. The summed E-state index contributed by atoms with van der Waals surface area (Å²) in [7, 11) is 0. The van der Waals surface area contributed by atoms with Gasteiger partial charge < -0.3 is 4.90 Å². The zero-order valence-electron chi connectivity index (χ0n) is 18.5. The lowest BCUT2D eigenvalue weighted by molar-refractivity contribution is 0.453. The second-order valence-electron chi connectivity index (χ2n) is 10.0. The van der Waals surface area contributed by atoms with Crippen molar-refractivity contribution in [2.75, 3.05) is 4.90 Å². The van der Waals surface area contributed by atoms with E-state index in [1.54, 1.807) is 5.56 Å². The van der Waals surface area contributed by atoms with E-state index in [2.05, 4.69) is 89.8 Å². The number of hydrogen-bond donors (Lipinski definition) is 0. The summed E-state index contributed by atoms with van der Waals surface area (Å²) in [5, 5.41) is 0. The van der Waals surface area contributed by atoms with Gasteiger partial charge in [-0.05, 0) is 64.9 Å². The highest BCUT2D eigenvalue weighted by atomic mass is 32.2. The Hall–Kier alpha value is -2.91. The molecule has 0 aromatic heterocycles. The minimum atomic E-state index is 0.320. The summed E-state index contributed by atoms with van der Waals surface area (Å²) >= 11 is 1.98. The molecule has 3 heteroatoms.